The first-order valence-corrected chi connectivity index (χ1v) is 19.2. The highest BCUT2D eigenvalue weighted by molar-refractivity contribution is 7.20. The molecule has 0 unspecified atom stereocenters. The van der Waals surface area contributed by atoms with Crippen molar-refractivity contribution >= 4 is 38.9 Å². The van der Waals surface area contributed by atoms with E-state index in [9.17, 15) is 63.2 Å². The van der Waals surface area contributed by atoms with Crippen molar-refractivity contribution in [3.63, 3.8) is 0 Å². The number of nitriles is 2. The summed E-state index contributed by atoms with van der Waals surface area (Å²) in [6.45, 7) is 0.627. The van der Waals surface area contributed by atoms with E-state index in [-0.39, 0.29) is 0 Å². The standard InChI is InChI=1S/C24BF20.C20H20N3/c26-5-1(6(27)14(35)21(42)13(5)34)25(2-7(28)15(36)22(43)16(37)8(2)29,3-9(30)17(38)23(44)18(39)10(3)31)4-11(32)19(40)24(45)20(41)12(4)33;21-13-18(14-22)19(16-7-2-1-3-8-16)15-23-12-6-10-17-9-4-5-11-20(17)23/h;4-6,9-12,16H,1-3,7-8,15H2/q-1;+1. The molecular weight excluding hydrogens is 961 g/mol. The summed E-state index contributed by atoms with van der Waals surface area (Å²) in [6, 6.07) is 16.6. The zero-order valence-corrected chi connectivity index (χ0v) is 33.3. The molecule has 1 heterocycles. The predicted molar refractivity (Wildman–Crippen MR) is 198 cm³/mol. The van der Waals surface area contributed by atoms with Crippen LogP contribution in [0.4, 0.5) is 87.8 Å². The number of hydrogen-bond acceptors (Lipinski definition) is 2. The molecule has 0 aliphatic heterocycles. The van der Waals surface area contributed by atoms with Crippen LogP contribution in [0, 0.1) is 145 Å². The molecule has 1 aliphatic rings. The van der Waals surface area contributed by atoms with Gasteiger partial charge in [0, 0.05) is 23.1 Å². The Morgan fingerprint density at radius 3 is 1.04 bits per heavy atom. The maximum Gasteiger partial charge on any atom is 0.212 e. The fourth-order valence-corrected chi connectivity index (χ4v) is 8.45. The molecule has 1 saturated carbocycles. The van der Waals surface area contributed by atoms with Crippen LogP contribution in [0.5, 0.6) is 0 Å². The molecular formula is C44H20BF20N3. The van der Waals surface area contributed by atoms with Crippen LogP contribution in [0.25, 0.3) is 10.9 Å². The molecule has 0 bridgehead atoms. The zero-order chi connectivity index (χ0) is 50.4. The summed E-state index contributed by atoms with van der Waals surface area (Å²) in [5, 5.41) is 19.9. The second kappa shape index (κ2) is 19.2. The molecule has 1 fully saturated rings. The minimum atomic E-state index is -7.22. The number of hydrogen-bond donors (Lipinski definition) is 0. The van der Waals surface area contributed by atoms with Crippen LogP contribution in [0.2, 0.25) is 0 Å². The lowest BCUT2D eigenvalue weighted by molar-refractivity contribution is -0.663. The van der Waals surface area contributed by atoms with E-state index in [1.54, 1.807) is 0 Å². The number of rotatable bonds is 7. The maximum atomic E-state index is 15.4. The van der Waals surface area contributed by atoms with Gasteiger partial charge in [0.2, 0.25) is 5.52 Å². The first kappa shape index (κ1) is 50.3. The molecule has 0 amide bonds. The topological polar surface area (TPSA) is 51.5 Å². The highest BCUT2D eigenvalue weighted by Gasteiger charge is 2.52. The molecule has 24 heteroatoms. The zero-order valence-electron chi connectivity index (χ0n) is 33.3. The molecule has 0 spiro atoms. The molecule has 0 N–H and O–H groups in total. The van der Waals surface area contributed by atoms with Crippen molar-refractivity contribution < 1.29 is 92.4 Å². The Balaban J connectivity index is 0.000000276. The van der Waals surface area contributed by atoms with Crippen molar-refractivity contribution in [2.45, 2.75) is 38.6 Å². The van der Waals surface area contributed by atoms with Gasteiger partial charge in [-0.25, -0.2) is 87.8 Å². The molecule has 68 heavy (non-hydrogen) atoms. The number of benzene rings is 5. The van der Waals surface area contributed by atoms with Crippen LogP contribution in [-0.2, 0) is 6.54 Å². The third-order valence-electron chi connectivity index (χ3n) is 11.5. The molecule has 1 aromatic heterocycles. The molecule has 0 saturated heterocycles. The Bertz CT molecular complexity index is 2770. The van der Waals surface area contributed by atoms with E-state index in [0.717, 1.165) is 23.9 Å². The molecule has 0 radical (unpaired) electrons. The normalized spacial score (nSPS) is 13.0. The lowest BCUT2D eigenvalue weighted by Crippen LogP contribution is -2.81. The number of allylic oxidation sites excluding steroid dienone is 2. The van der Waals surface area contributed by atoms with Gasteiger partial charge in [-0.05, 0) is 30.9 Å². The first-order valence-electron chi connectivity index (χ1n) is 19.2. The monoisotopic (exact) mass is 981 g/mol. The van der Waals surface area contributed by atoms with Crippen LogP contribution in [0.15, 0.2) is 53.7 Å². The molecule has 5 aromatic carbocycles. The van der Waals surface area contributed by atoms with Gasteiger partial charge in [-0.15, -0.1) is 21.9 Å². The molecule has 6 aromatic rings. The lowest BCUT2D eigenvalue weighted by Gasteiger charge is -2.44. The number of aromatic nitrogens is 1. The number of fused-ring (bicyclic) bond motifs is 1. The molecule has 7 rings (SSSR count). The smallest absolute Gasteiger partial charge is 0.207 e. The summed E-state index contributed by atoms with van der Waals surface area (Å²) in [6.07, 6.45) is 0.653. The van der Waals surface area contributed by atoms with Crippen molar-refractivity contribution in [2.24, 2.45) is 5.92 Å². The Morgan fingerprint density at radius 2 is 0.721 bits per heavy atom. The molecule has 3 nitrogen and oxygen atoms in total. The highest BCUT2D eigenvalue weighted by atomic mass is 19.2. The van der Waals surface area contributed by atoms with Gasteiger partial charge in [0.05, 0.1) is 0 Å². The lowest BCUT2D eigenvalue weighted by atomic mass is 9.12. The minimum absolute atomic E-state index is 0.303. The third-order valence-corrected chi connectivity index (χ3v) is 11.5. The highest BCUT2D eigenvalue weighted by Crippen LogP contribution is 2.33. The Morgan fingerprint density at radius 1 is 0.426 bits per heavy atom. The van der Waals surface area contributed by atoms with Crippen LogP contribution in [0.3, 0.4) is 0 Å². The SMILES string of the molecule is Fc1c(F)c(F)c([B-](c2c(F)c(F)c(F)c(F)c2F)(c2c(F)c(F)c(F)c(F)c2F)c2c(F)c(F)c(F)c(F)c2F)c(F)c1F.N#CC(C#N)=C(C[n+]1cccc2ccccc21)C1CCCCC1. The van der Waals surface area contributed by atoms with Crippen LogP contribution in [-0.4, -0.2) is 6.15 Å². The van der Waals surface area contributed by atoms with E-state index < -0.39 is 144 Å². The molecule has 0 atom stereocenters. The summed E-state index contributed by atoms with van der Waals surface area (Å²) >= 11 is 0. The van der Waals surface area contributed by atoms with Gasteiger partial charge in [0.15, 0.2) is 82.5 Å². The molecule has 1 aliphatic carbocycles. The van der Waals surface area contributed by atoms with E-state index in [0.29, 0.717) is 18.0 Å². The summed E-state index contributed by atoms with van der Waals surface area (Å²) in [5.74, 6) is -71.0. The van der Waals surface area contributed by atoms with E-state index in [2.05, 4.69) is 34.9 Å². The van der Waals surface area contributed by atoms with Crippen molar-refractivity contribution in [3.05, 3.63) is 170 Å². The molecule has 354 valence electrons. The van der Waals surface area contributed by atoms with Crippen molar-refractivity contribution in [1.82, 2.24) is 0 Å². The van der Waals surface area contributed by atoms with E-state index in [1.807, 2.05) is 24.4 Å². The van der Waals surface area contributed by atoms with Gasteiger partial charge in [0.25, 0.3) is 0 Å². The van der Waals surface area contributed by atoms with Gasteiger partial charge in [0.1, 0.15) is 70.4 Å². The Hall–Kier alpha value is -7.11. The van der Waals surface area contributed by atoms with E-state index in [4.69, 9.17) is 0 Å². The fourth-order valence-electron chi connectivity index (χ4n) is 8.45. The predicted octanol–water partition coefficient (Wildman–Crippen LogP) is 9.90. The number of pyridine rings is 1. The Labute approximate surface area is 368 Å². The Kier molecular flexibility index (Phi) is 14.2. The van der Waals surface area contributed by atoms with Crippen LogP contribution in [0.1, 0.15) is 32.1 Å². The summed E-state index contributed by atoms with van der Waals surface area (Å²) in [5.41, 5.74) is -11.9. The van der Waals surface area contributed by atoms with Gasteiger partial charge in [-0.3, -0.25) is 0 Å². The second-order valence-corrected chi connectivity index (χ2v) is 15.0. The number of nitrogens with zero attached hydrogens (tertiary/aromatic N) is 3. The van der Waals surface area contributed by atoms with Gasteiger partial charge >= 0.3 is 0 Å². The van der Waals surface area contributed by atoms with E-state index in [1.165, 1.54) is 24.6 Å². The van der Waals surface area contributed by atoms with Crippen molar-refractivity contribution in [3.8, 4) is 12.1 Å². The third kappa shape index (κ3) is 7.92. The minimum Gasteiger partial charge on any atom is -0.207 e. The average molecular weight is 981 g/mol. The second-order valence-electron chi connectivity index (χ2n) is 15.0. The van der Waals surface area contributed by atoms with Crippen LogP contribution >= 0.6 is 0 Å². The summed E-state index contributed by atoms with van der Waals surface area (Å²) in [4.78, 5) is 0. The van der Waals surface area contributed by atoms with Gasteiger partial charge in [-0.1, -0.05) is 31.4 Å². The van der Waals surface area contributed by atoms with Crippen LogP contribution < -0.4 is 26.4 Å². The quantitative estimate of drug-likeness (QED) is 0.0400. The fraction of sp³-hybridized carbons (Fsp3) is 0.159. The average Bonchev–Trinajstić information content (AvgIpc) is 3.34. The number of para-hydroxylation sites is 1. The maximum absolute atomic E-state index is 15.4. The van der Waals surface area contributed by atoms with Gasteiger partial charge in [-0.2, -0.15) is 15.1 Å². The number of halogens is 20. The first-order chi connectivity index (χ1) is 32.0. The van der Waals surface area contributed by atoms with E-state index >= 15 is 35.1 Å². The van der Waals surface area contributed by atoms with Crippen molar-refractivity contribution in [1.29, 1.82) is 10.5 Å². The largest absolute Gasteiger partial charge is 0.212 e. The van der Waals surface area contributed by atoms with Crippen molar-refractivity contribution in [2.75, 3.05) is 0 Å². The van der Waals surface area contributed by atoms with Gasteiger partial charge < -0.3 is 0 Å². The summed E-state index contributed by atoms with van der Waals surface area (Å²) in [7, 11) is 0. The summed E-state index contributed by atoms with van der Waals surface area (Å²) < 4.78 is 296.